The first-order chi connectivity index (χ1) is 9.55. The van der Waals surface area contributed by atoms with Gasteiger partial charge < -0.3 is 9.64 Å². The van der Waals surface area contributed by atoms with E-state index in [1.54, 1.807) is 0 Å². The van der Waals surface area contributed by atoms with Crippen LogP contribution in [-0.4, -0.2) is 49.2 Å². The van der Waals surface area contributed by atoms with Crippen LogP contribution in [0.3, 0.4) is 0 Å². The van der Waals surface area contributed by atoms with Crippen molar-refractivity contribution < 1.29 is 9.53 Å². The van der Waals surface area contributed by atoms with Gasteiger partial charge in [-0.1, -0.05) is 19.3 Å². The molecule has 2 aliphatic rings. The molecule has 2 aliphatic carbocycles. The molecule has 2 fully saturated rings. The van der Waals surface area contributed by atoms with Crippen LogP contribution in [0.1, 0.15) is 58.3 Å². The molecule has 0 amide bonds. The lowest BCUT2D eigenvalue weighted by Gasteiger charge is -2.35. The van der Waals surface area contributed by atoms with Crippen molar-refractivity contribution >= 4 is 5.97 Å². The first-order valence-electron chi connectivity index (χ1n) is 8.11. The van der Waals surface area contributed by atoms with Crippen LogP contribution in [0.4, 0.5) is 0 Å². The number of hydrogen-bond acceptors (Lipinski definition) is 4. The van der Waals surface area contributed by atoms with E-state index in [9.17, 15) is 4.79 Å². The van der Waals surface area contributed by atoms with Crippen LogP contribution in [-0.2, 0) is 9.53 Å². The lowest BCUT2D eigenvalue weighted by Crippen LogP contribution is -2.53. The van der Waals surface area contributed by atoms with Gasteiger partial charge in [0.15, 0.2) is 0 Å². The molecule has 116 valence electrons. The zero-order valence-electron chi connectivity index (χ0n) is 13.3. The second-order valence-electron chi connectivity index (χ2n) is 6.76. The molecule has 0 radical (unpaired) electrons. The number of methoxy groups -OCH3 is 1. The molecule has 20 heavy (non-hydrogen) atoms. The fourth-order valence-corrected chi connectivity index (χ4v) is 3.24. The molecule has 1 N–H and O–H groups in total. The number of carbonyl (C=O) groups excluding carboxylic acids is 1. The Morgan fingerprint density at radius 2 is 1.90 bits per heavy atom. The standard InChI is InChI=1S/C16H30N2O2/c1-16(15(19)20-3,17-13-9-10-13)11-12-18(2)14-7-5-4-6-8-14/h13-14,17H,4-12H2,1-3H3. The number of esters is 1. The Morgan fingerprint density at radius 1 is 1.25 bits per heavy atom. The smallest absolute Gasteiger partial charge is 0.325 e. The molecule has 0 aromatic heterocycles. The maximum atomic E-state index is 12.1. The largest absolute Gasteiger partial charge is 0.468 e. The zero-order valence-corrected chi connectivity index (χ0v) is 13.3. The van der Waals surface area contributed by atoms with Crippen molar-refractivity contribution in [2.45, 2.75) is 75.9 Å². The van der Waals surface area contributed by atoms with E-state index in [1.165, 1.54) is 52.1 Å². The average Bonchev–Trinajstić information content (AvgIpc) is 3.28. The van der Waals surface area contributed by atoms with Gasteiger partial charge >= 0.3 is 5.97 Å². The first kappa shape index (κ1) is 15.8. The lowest BCUT2D eigenvalue weighted by molar-refractivity contribution is -0.148. The summed E-state index contributed by atoms with van der Waals surface area (Å²) in [5.74, 6) is -0.124. The minimum absolute atomic E-state index is 0.124. The number of carbonyl (C=O) groups is 1. The van der Waals surface area contributed by atoms with Crippen LogP contribution >= 0.6 is 0 Å². The van der Waals surface area contributed by atoms with Crippen molar-refractivity contribution in [3.05, 3.63) is 0 Å². The Labute approximate surface area is 123 Å². The van der Waals surface area contributed by atoms with Crippen LogP contribution in [0.2, 0.25) is 0 Å². The van der Waals surface area contributed by atoms with Gasteiger partial charge in [0.2, 0.25) is 0 Å². The van der Waals surface area contributed by atoms with Gasteiger partial charge in [0, 0.05) is 18.6 Å². The van der Waals surface area contributed by atoms with Crippen molar-refractivity contribution in [3.8, 4) is 0 Å². The van der Waals surface area contributed by atoms with Gasteiger partial charge in [-0.05, 0) is 46.1 Å². The molecule has 1 atom stereocenters. The summed E-state index contributed by atoms with van der Waals surface area (Å²) in [5, 5.41) is 3.48. The number of rotatable bonds is 7. The highest BCUT2D eigenvalue weighted by atomic mass is 16.5. The van der Waals surface area contributed by atoms with E-state index in [-0.39, 0.29) is 5.97 Å². The van der Waals surface area contributed by atoms with Gasteiger partial charge in [0.25, 0.3) is 0 Å². The van der Waals surface area contributed by atoms with Crippen molar-refractivity contribution in [3.63, 3.8) is 0 Å². The fourth-order valence-electron chi connectivity index (χ4n) is 3.24. The first-order valence-corrected chi connectivity index (χ1v) is 8.11. The molecular weight excluding hydrogens is 252 g/mol. The third-order valence-corrected chi connectivity index (χ3v) is 4.90. The van der Waals surface area contributed by atoms with Crippen LogP contribution in [0, 0.1) is 0 Å². The third-order valence-electron chi connectivity index (χ3n) is 4.90. The van der Waals surface area contributed by atoms with Crippen LogP contribution < -0.4 is 5.32 Å². The number of nitrogens with zero attached hydrogens (tertiary/aromatic N) is 1. The number of hydrogen-bond donors (Lipinski definition) is 1. The third kappa shape index (κ3) is 4.19. The Hall–Kier alpha value is -0.610. The molecule has 0 aromatic carbocycles. The van der Waals surface area contributed by atoms with Crippen LogP contribution in [0.15, 0.2) is 0 Å². The summed E-state index contributed by atoms with van der Waals surface area (Å²) in [6.45, 7) is 2.95. The molecule has 2 rings (SSSR count). The minimum Gasteiger partial charge on any atom is -0.468 e. The Bertz CT molecular complexity index is 324. The molecule has 0 aliphatic heterocycles. The van der Waals surface area contributed by atoms with Crippen molar-refractivity contribution in [1.82, 2.24) is 10.2 Å². The van der Waals surface area contributed by atoms with Gasteiger partial charge in [-0.25, -0.2) is 0 Å². The second kappa shape index (κ2) is 6.90. The molecule has 0 heterocycles. The molecule has 2 saturated carbocycles. The highest BCUT2D eigenvalue weighted by Crippen LogP contribution is 2.26. The van der Waals surface area contributed by atoms with Crippen molar-refractivity contribution in [2.75, 3.05) is 20.7 Å². The Morgan fingerprint density at radius 3 is 2.45 bits per heavy atom. The van der Waals surface area contributed by atoms with Crippen molar-refractivity contribution in [1.29, 1.82) is 0 Å². The molecule has 4 heteroatoms. The summed E-state index contributed by atoms with van der Waals surface area (Å²) >= 11 is 0. The van der Waals surface area contributed by atoms with Gasteiger partial charge in [-0.2, -0.15) is 0 Å². The van der Waals surface area contributed by atoms with Gasteiger partial charge in [0.1, 0.15) is 5.54 Å². The van der Waals surface area contributed by atoms with Crippen molar-refractivity contribution in [2.24, 2.45) is 0 Å². The molecule has 4 nitrogen and oxygen atoms in total. The van der Waals surface area contributed by atoms with E-state index in [2.05, 4.69) is 17.3 Å². The average molecular weight is 282 g/mol. The quantitative estimate of drug-likeness (QED) is 0.728. The predicted molar refractivity (Wildman–Crippen MR) is 80.7 cm³/mol. The molecular formula is C16H30N2O2. The zero-order chi connectivity index (χ0) is 14.6. The molecule has 0 saturated heterocycles. The SMILES string of the molecule is COC(=O)C(C)(CCN(C)C1CCCCC1)NC1CC1. The lowest BCUT2D eigenvalue weighted by atomic mass is 9.92. The van der Waals surface area contributed by atoms with E-state index < -0.39 is 5.54 Å². The van der Waals surface area contributed by atoms with Gasteiger partial charge in [0.05, 0.1) is 7.11 Å². The van der Waals surface area contributed by atoms with E-state index in [0.717, 1.165) is 13.0 Å². The highest BCUT2D eigenvalue weighted by molar-refractivity contribution is 5.80. The minimum atomic E-state index is -0.529. The number of ether oxygens (including phenoxy) is 1. The van der Waals surface area contributed by atoms with Crippen LogP contribution in [0.5, 0.6) is 0 Å². The summed E-state index contributed by atoms with van der Waals surface area (Å²) in [7, 11) is 3.69. The van der Waals surface area contributed by atoms with E-state index in [4.69, 9.17) is 4.74 Å². The maximum absolute atomic E-state index is 12.1. The fraction of sp³-hybridized carbons (Fsp3) is 0.938. The molecule has 0 spiro atoms. The second-order valence-corrected chi connectivity index (χ2v) is 6.76. The van der Waals surface area contributed by atoms with Gasteiger partial charge in [-0.3, -0.25) is 10.1 Å². The van der Waals surface area contributed by atoms with Crippen LogP contribution in [0.25, 0.3) is 0 Å². The summed E-state index contributed by atoms with van der Waals surface area (Å²) in [6.07, 6.45) is 9.89. The Balaban J connectivity index is 1.85. The highest BCUT2D eigenvalue weighted by Gasteiger charge is 2.39. The van der Waals surface area contributed by atoms with E-state index in [1.807, 2.05) is 6.92 Å². The topological polar surface area (TPSA) is 41.6 Å². The summed E-state index contributed by atoms with van der Waals surface area (Å²) < 4.78 is 5.00. The van der Waals surface area contributed by atoms with E-state index in [0.29, 0.717) is 12.1 Å². The normalized spacial score (nSPS) is 23.6. The summed E-state index contributed by atoms with van der Waals surface area (Å²) in [5.41, 5.74) is -0.529. The maximum Gasteiger partial charge on any atom is 0.325 e. The summed E-state index contributed by atoms with van der Waals surface area (Å²) in [6, 6.07) is 1.21. The monoisotopic (exact) mass is 282 g/mol. The van der Waals surface area contributed by atoms with Gasteiger partial charge in [-0.15, -0.1) is 0 Å². The predicted octanol–water partition coefficient (Wildman–Crippen LogP) is 2.32. The van der Waals surface area contributed by atoms with E-state index >= 15 is 0 Å². The number of nitrogens with one attached hydrogen (secondary N) is 1. The molecule has 1 unspecified atom stereocenters. The molecule has 0 bridgehead atoms. The Kier molecular flexibility index (Phi) is 5.44. The summed E-state index contributed by atoms with van der Waals surface area (Å²) in [4.78, 5) is 14.5. The molecule has 0 aromatic rings.